The fourth-order valence-electron chi connectivity index (χ4n) is 1.65. The SMILES string of the molecule is CSC(CO)C(C)NC(=O)c1cc(Br)ccc1C. The monoisotopic (exact) mass is 331 g/mol. The molecule has 0 fully saturated rings. The van der Waals surface area contributed by atoms with Crippen LogP contribution in [0.2, 0.25) is 0 Å². The summed E-state index contributed by atoms with van der Waals surface area (Å²) in [5.74, 6) is -0.103. The normalized spacial score (nSPS) is 14.1. The number of amides is 1. The second-order valence-corrected chi connectivity index (χ2v) is 6.17. The third kappa shape index (κ3) is 4.00. The van der Waals surface area contributed by atoms with Gasteiger partial charge in [0.25, 0.3) is 5.91 Å². The summed E-state index contributed by atoms with van der Waals surface area (Å²) in [6, 6.07) is 5.55. The first kappa shape index (κ1) is 15.5. The summed E-state index contributed by atoms with van der Waals surface area (Å²) < 4.78 is 0.884. The molecule has 0 aliphatic carbocycles. The van der Waals surface area contributed by atoms with Gasteiger partial charge >= 0.3 is 0 Å². The van der Waals surface area contributed by atoms with Crippen molar-refractivity contribution < 1.29 is 9.90 Å². The number of hydrogen-bond acceptors (Lipinski definition) is 3. The molecule has 1 amide bonds. The van der Waals surface area contributed by atoms with Crippen molar-refractivity contribution in [1.29, 1.82) is 0 Å². The zero-order valence-corrected chi connectivity index (χ0v) is 13.1. The van der Waals surface area contributed by atoms with Crippen LogP contribution in [0.5, 0.6) is 0 Å². The van der Waals surface area contributed by atoms with E-state index in [4.69, 9.17) is 0 Å². The summed E-state index contributed by atoms with van der Waals surface area (Å²) in [5, 5.41) is 12.1. The van der Waals surface area contributed by atoms with Crippen LogP contribution in [-0.2, 0) is 0 Å². The van der Waals surface area contributed by atoms with Gasteiger partial charge < -0.3 is 10.4 Å². The van der Waals surface area contributed by atoms with E-state index < -0.39 is 0 Å². The number of carbonyl (C=O) groups is 1. The number of benzene rings is 1. The molecule has 0 saturated carbocycles. The van der Waals surface area contributed by atoms with Crippen LogP contribution in [0.1, 0.15) is 22.8 Å². The Morgan fingerprint density at radius 3 is 2.78 bits per heavy atom. The van der Waals surface area contributed by atoms with Gasteiger partial charge in [0.15, 0.2) is 0 Å². The molecule has 18 heavy (non-hydrogen) atoms. The van der Waals surface area contributed by atoms with Crippen LogP contribution in [0.25, 0.3) is 0 Å². The van der Waals surface area contributed by atoms with Crippen LogP contribution in [-0.4, -0.2) is 35.2 Å². The molecule has 2 N–H and O–H groups in total. The van der Waals surface area contributed by atoms with E-state index in [-0.39, 0.29) is 23.8 Å². The lowest BCUT2D eigenvalue weighted by molar-refractivity contribution is 0.0935. The first-order valence-corrected chi connectivity index (χ1v) is 7.78. The molecule has 1 aromatic rings. The molecule has 0 aromatic heterocycles. The van der Waals surface area contributed by atoms with Gasteiger partial charge in [-0.3, -0.25) is 4.79 Å². The maximum atomic E-state index is 12.1. The van der Waals surface area contributed by atoms with Crippen molar-refractivity contribution in [3.63, 3.8) is 0 Å². The molecule has 2 unspecified atom stereocenters. The van der Waals surface area contributed by atoms with Crippen LogP contribution < -0.4 is 5.32 Å². The van der Waals surface area contributed by atoms with Gasteiger partial charge in [0, 0.05) is 21.3 Å². The molecular weight excluding hydrogens is 314 g/mol. The average molecular weight is 332 g/mol. The Labute approximate surface area is 120 Å². The van der Waals surface area contributed by atoms with Crippen LogP contribution in [0.15, 0.2) is 22.7 Å². The number of thioether (sulfide) groups is 1. The van der Waals surface area contributed by atoms with Crippen molar-refractivity contribution >= 4 is 33.6 Å². The summed E-state index contributed by atoms with van der Waals surface area (Å²) in [5.41, 5.74) is 1.60. The summed E-state index contributed by atoms with van der Waals surface area (Å²) in [6.45, 7) is 3.87. The van der Waals surface area contributed by atoms with E-state index in [9.17, 15) is 9.90 Å². The molecule has 5 heteroatoms. The minimum absolute atomic E-state index is 0.0152. The molecule has 0 aliphatic rings. The fourth-order valence-corrected chi connectivity index (χ4v) is 2.64. The number of carbonyl (C=O) groups excluding carboxylic acids is 1. The molecule has 0 bridgehead atoms. The standard InChI is InChI=1S/C13H18BrNO2S/c1-8-4-5-10(14)6-11(8)13(17)15-9(2)12(7-16)18-3/h4-6,9,12,16H,7H2,1-3H3,(H,15,17). The zero-order valence-electron chi connectivity index (χ0n) is 10.7. The molecule has 1 aromatic carbocycles. The van der Waals surface area contributed by atoms with E-state index in [0.29, 0.717) is 5.56 Å². The smallest absolute Gasteiger partial charge is 0.251 e. The van der Waals surface area contributed by atoms with E-state index >= 15 is 0 Å². The van der Waals surface area contributed by atoms with E-state index in [0.717, 1.165) is 10.0 Å². The van der Waals surface area contributed by atoms with Crippen molar-refractivity contribution in [3.8, 4) is 0 Å². The first-order chi connectivity index (χ1) is 8.49. The average Bonchev–Trinajstić information content (AvgIpc) is 2.33. The number of aryl methyl sites for hydroxylation is 1. The molecule has 3 nitrogen and oxygen atoms in total. The Hall–Kier alpha value is -0.520. The molecule has 2 atom stereocenters. The van der Waals surface area contributed by atoms with Gasteiger partial charge in [0.1, 0.15) is 0 Å². The van der Waals surface area contributed by atoms with Gasteiger partial charge in [-0.1, -0.05) is 22.0 Å². The Kier molecular flexibility index (Phi) is 6.18. The Morgan fingerprint density at radius 1 is 1.56 bits per heavy atom. The van der Waals surface area contributed by atoms with Crippen molar-refractivity contribution in [3.05, 3.63) is 33.8 Å². The lowest BCUT2D eigenvalue weighted by Crippen LogP contribution is -2.41. The number of aliphatic hydroxyl groups is 1. The predicted molar refractivity (Wildman–Crippen MR) is 80.2 cm³/mol. The molecule has 0 radical (unpaired) electrons. The summed E-state index contributed by atoms with van der Waals surface area (Å²) >= 11 is 4.91. The van der Waals surface area contributed by atoms with Gasteiger partial charge in [0.2, 0.25) is 0 Å². The highest BCUT2D eigenvalue weighted by Gasteiger charge is 2.19. The summed E-state index contributed by atoms with van der Waals surface area (Å²) in [4.78, 5) is 12.1. The Balaban J connectivity index is 2.79. The minimum atomic E-state index is -0.103. The van der Waals surface area contributed by atoms with Gasteiger partial charge in [-0.2, -0.15) is 11.8 Å². The Morgan fingerprint density at radius 2 is 2.22 bits per heavy atom. The predicted octanol–water partition coefficient (Wildman–Crippen LogP) is 2.60. The molecule has 0 spiro atoms. The highest BCUT2D eigenvalue weighted by molar-refractivity contribution is 9.10. The van der Waals surface area contributed by atoms with Gasteiger partial charge in [-0.25, -0.2) is 0 Å². The van der Waals surface area contributed by atoms with Crippen molar-refractivity contribution in [2.75, 3.05) is 12.9 Å². The van der Waals surface area contributed by atoms with Crippen LogP contribution in [0, 0.1) is 6.92 Å². The van der Waals surface area contributed by atoms with Crippen molar-refractivity contribution in [2.24, 2.45) is 0 Å². The summed E-state index contributed by atoms with van der Waals surface area (Å²) in [7, 11) is 0. The lowest BCUT2D eigenvalue weighted by atomic mass is 10.1. The van der Waals surface area contributed by atoms with Crippen molar-refractivity contribution in [2.45, 2.75) is 25.1 Å². The molecule has 1 rings (SSSR count). The number of hydrogen-bond donors (Lipinski definition) is 2. The number of aliphatic hydroxyl groups excluding tert-OH is 1. The van der Waals surface area contributed by atoms with Crippen LogP contribution >= 0.6 is 27.7 Å². The fraction of sp³-hybridized carbons (Fsp3) is 0.462. The largest absolute Gasteiger partial charge is 0.395 e. The van der Waals surface area contributed by atoms with E-state index in [1.54, 1.807) is 11.8 Å². The second-order valence-electron chi connectivity index (χ2n) is 4.18. The van der Waals surface area contributed by atoms with Gasteiger partial charge in [-0.15, -0.1) is 0 Å². The molecule has 0 heterocycles. The molecule has 0 saturated heterocycles. The minimum Gasteiger partial charge on any atom is -0.395 e. The topological polar surface area (TPSA) is 49.3 Å². The summed E-state index contributed by atoms with van der Waals surface area (Å²) in [6.07, 6.45) is 1.92. The Bertz CT molecular complexity index is 421. The highest BCUT2D eigenvalue weighted by atomic mass is 79.9. The zero-order chi connectivity index (χ0) is 13.7. The van der Waals surface area contributed by atoms with Crippen LogP contribution in [0.3, 0.4) is 0 Å². The second kappa shape index (κ2) is 7.16. The maximum Gasteiger partial charge on any atom is 0.251 e. The highest BCUT2D eigenvalue weighted by Crippen LogP contribution is 2.17. The van der Waals surface area contributed by atoms with E-state index in [1.807, 2.05) is 38.3 Å². The third-order valence-corrected chi connectivity index (χ3v) is 4.50. The number of rotatable bonds is 5. The van der Waals surface area contributed by atoms with Crippen LogP contribution in [0.4, 0.5) is 0 Å². The third-order valence-electron chi connectivity index (χ3n) is 2.84. The number of halogens is 1. The van der Waals surface area contributed by atoms with Crippen molar-refractivity contribution in [1.82, 2.24) is 5.32 Å². The lowest BCUT2D eigenvalue weighted by Gasteiger charge is -2.21. The molecule has 100 valence electrons. The van der Waals surface area contributed by atoms with E-state index in [1.165, 1.54) is 0 Å². The van der Waals surface area contributed by atoms with E-state index in [2.05, 4.69) is 21.2 Å². The quantitative estimate of drug-likeness (QED) is 0.871. The first-order valence-electron chi connectivity index (χ1n) is 5.70. The molecule has 0 aliphatic heterocycles. The van der Waals surface area contributed by atoms with Gasteiger partial charge in [0.05, 0.1) is 6.61 Å². The maximum absolute atomic E-state index is 12.1. The number of nitrogens with one attached hydrogen (secondary N) is 1. The molecular formula is C13H18BrNO2S. The van der Waals surface area contributed by atoms with Gasteiger partial charge in [-0.05, 0) is 37.8 Å².